The third-order valence-corrected chi connectivity index (χ3v) is 11.0. The molecule has 0 fully saturated rings. The number of aliphatic imine (C=N–C) groups is 1. The molecule has 58 heavy (non-hydrogen) atoms. The SMILES string of the molecule is C=Nc1ccccc1N(Cc1cc(-c2nc3c(n2-c2ccccc2C)C=CCC3C)cc(-c2nc3ccccc3n2-c2ccccc2C)c1)c1ccccc1C.CC. The monoisotopic (exact) mass is 758 g/mol. The van der Waals surface area contributed by atoms with E-state index in [2.05, 4.69) is 193 Å². The summed E-state index contributed by atoms with van der Waals surface area (Å²) in [7, 11) is 0. The third-order valence-electron chi connectivity index (χ3n) is 11.0. The molecule has 1 aliphatic rings. The van der Waals surface area contributed by atoms with Gasteiger partial charge in [-0.1, -0.05) is 106 Å². The molecule has 6 nitrogen and oxygen atoms in total. The molecule has 6 heteroatoms. The van der Waals surface area contributed by atoms with Gasteiger partial charge >= 0.3 is 0 Å². The van der Waals surface area contributed by atoms with Gasteiger partial charge in [0.15, 0.2) is 0 Å². The van der Waals surface area contributed by atoms with Crippen molar-refractivity contribution >= 4 is 40.9 Å². The minimum absolute atomic E-state index is 0.298. The van der Waals surface area contributed by atoms with Crippen LogP contribution in [0.15, 0.2) is 151 Å². The van der Waals surface area contributed by atoms with Crippen molar-refractivity contribution in [1.29, 1.82) is 0 Å². The van der Waals surface area contributed by atoms with E-state index in [0.717, 1.165) is 85.6 Å². The number of hydrogen-bond donors (Lipinski definition) is 0. The predicted molar refractivity (Wildman–Crippen MR) is 245 cm³/mol. The van der Waals surface area contributed by atoms with Crippen molar-refractivity contribution in [3.8, 4) is 34.2 Å². The van der Waals surface area contributed by atoms with Gasteiger partial charge in [0.05, 0.1) is 45.2 Å². The summed E-state index contributed by atoms with van der Waals surface area (Å²) in [4.78, 5) is 17.7. The van der Waals surface area contributed by atoms with Gasteiger partial charge in [0.2, 0.25) is 0 Å². The minimum Gasteiger partial charge on any atom is -0.335 e. The van der Waals surface area contributed by atoms with E-state index >= 15 is 0 Å². The summed E-state index contributed by atoms with van der Waals surface area (Å²) >= 11 is 0. The fourth-order valence-electron chi connectivity index (χ4n) is 8.21. The molecule has 0 spiro atoms. The minimum atomic E-state index is 0.298. The maximum absolute atomic E-state index is 5.52. The molecule has 9 rings (SSSR count). The van der Waals surface area contributed by atoms with Gasteiger partial charge in [-0.3, -0.25) is 14.1 Å². The number of aryl methyl sites for hydroxylation is 3. The molecule has 0 saturated carbocycles. The number of hydrogen-bond acceptors (Lipinski definition) is 4. The Hall–Kier alpha value is -6.79. The molecule has 2 aromatic heterocycles. The molecule has 6 aromatic carbocycles. The Bertz CT molecular complexity index is 2800. The first-order valence-electron chi connectivity index (χ1n) is 20.3. The molecule has 288 valence electrons. The van der Waals surface area contributed by atoms with Gasteiger partial charge in [0.25, 0.3) is 0 Å². The van der Waals surface area contributed by atoms with Gasteiger partial charge in [0, 0.05) is 29.3 Å². The van der Waals surface area contributed by atoms with Crippen LogP contribution in [0.3, 0.4) is 0 Å². The van der Waals surface area contributed by atoms with Gasteiger partial charge < -0.3 is 4.90 Å². The lowest BCUT2D eigenvalue weighted by Crippen LogP contribution is -2.18. The van der Waals surface area contributed by atoms with E-state index in [-0.39, 0.29) is 0 Å². The quantitative estimate of drug-likeness (QED) is 0.138. The van der Waals surface area contributed by atoms with Crippen molar-refractivity contribution in [1.82, 2.24) is 19.1 Å². The lowest BCUT2D eigenvalue weighted by atomic mass is 9.97. The second-order valence-corrected chi connectivity index (χ2v) is 14.9. The number of aromatic nitrogens is 4. The van der Waals surface area contributed by atoms with Crippen molar-refractivity contribution in [2.24, 2.45) is 4.99 Å². The molecule has 1 aliphatic carbocycles. The first-order valence-corrected chi connectivity index (χ1v) is 20.3. The summed E-state index contributed by atoms with van der Waals surface area (Å²) in [6.45, 7) is 17.3. The highest BCUT2D eigenvalue weighted by Crippen LogP contribution is 2.41. The molecule has 2 heterocycles. The van der Waals surface area contributed by atoms with E-state index in [4.69, 9.17) is 9.97 Å². The van der Waals surface area contributed by atoms with Crippen molar-refractivity contribution in [2.75, 3.05) is 4.90 Å². The fraction of sp³-hybridized carbons (Fsp3) is 0.173. The molecule has 0 N–H and O–H groups in total. The number of imidazole rings is 2. The number of anilines is 2. The Morgan fingerprint density at radius 1 is 0.655 bits per heavy atom. The topological polar surface area (TPSA) is 51.2 Å². The van der Waals surface area contributed by atoms with Crippen LogP contribution < -0.4 is 4.90 Å². The standard InChI is InChI=1S/C50H44N6.C2H6/c1-33-17-6-11-23-42(33)54(45-26-14-9-21-40(45)51-5)32-37-29-38(49-52-41-22-10-15-27-46(41)55(49)43-24-12-7-18-34(43)2)31-39(30-37)50-53-48-36(4)20-16-28-47(48)56(50)44-25-13-8-19-35(44)3;1-2/h6-19,21-31,36H,5,20,32H2,1-4H3;1-2H3. The Kier molecular flexibility index (Phi) is 10.7. The molecule has 0 bridgehead atoms. The second kappa shape index (κ2) is 16.4. The highest BCUT2D eigenvalue weighted by Gasteiger charge is 2.26. The smallest absolute Gasteiger partial charge is 0.145 e. The van der Waals surface area contributed by atoms with Gasteiger partial charge in [-0.25, -0.2) is 9.97 Å². The van der Waals surface area contributed by atoms with Gasteiger partial charge in [0.1, 0.15) is 11.6 Å². The van der Waals surface area contributed by atoms with Crippen LogP contribution in [0, 0.1) is 20.8 Å². The second-order valence-electron chi connectivity index (χ2n) is 14.9. The first-order chi connectivity index (χ1) is 28.4. The molecule has 0 radical (unpaired) electrons. The molecular weight excluding hydrogens is 709 g/mol. The largest absolute Gasteiger partial charge is 0.335 e. The number of nitrogens with zero attached hydrogens (tertiary/aromatic N) is 6. The van der Waals surface area contributed by atoms with E-state index in [1.165, 1.54) is 16.7 Å². The molecule has 8 aromatic rings. The number of fused-ring (bicyclic) bond motifs is 2. The van der Waals surface area contributed by atoms with Crippen LogP contribution in [0.2, 0.25) is 0 Å². The number of allylic oxidation sites excluding steroid dienone is 1. The summed E-state index contributed by atoms with van der Waals surface area (Å²) in [5, 5.41) is 0. The van der Waals surface area contributed by atoms with Crippen molar-refractivity contribution in [2.45, 2.75) is 60.4 Å². The maximum atomic E-state index is 5.52. The van der Waals surface area contributed by atoms with Gasteiger partial charge in [-0.15, -0.1) is 0 Å². The van der Waals surface area contributed by atoms with E-state index < -0.39 is 0 Å². The van der Waals surface area contributed by atoms with Crippen molar-refractivity contribution in [3.63, 3.8) is 0 Å². The van der Waals surface area contributed by atoms with E-state index in [1.54, 1.807) is 0 Å². The molecule has 1 unspecified atom stereocenters. The summed E-state index contributed by atoms with van der Waals surface area (Å²) in [6, 6.07) is 49.2. The first kappa shape index (κ1) is 38.1. The zero-order chi connectivity index (χ0) is 40.3. The van der Waals surface area contributed by atoms with E-state index in [0.29, 0.717) is 12.5 Å². The van der Waals surface area contributed by atoms with Crippen molar-refractivity contribution in [3.05, 3.63) is 179 Å². The van der Waals surface area contributed by atoms with E-state index in [9.17, 15) is 0 Å². The zero-order valence-corrected chi connectivity index (χ0v) is 34.3. The Morgan fingerprint density at radius 2 is 1.22 bits per heavy atom. The number of benzene rings is 6. The summed E-state index contributed by atoms with van der Waals surface area (Å²) in [6.07, 6.45) is 5.50. The van der Waals surface area contributed by atoms with Crippen molar-refractivity contribution < 1.29 is 0 Å². The van der Waals surface area contributed by atoms with Gasteiger partial charge in [-0.05, 0) is 123 Å². The maximum Gasteiger partial charge on any atom is 0.145 e. The number of rotatable bonds is 9. The highest BCUT2D eigenvalue weighted by atomic mass is 15.2. The predicted octanol–water partition coefficient (Wildman–Crippen LogP) is 13.7. The summed E-state index contributed by atoms with van der Waals surface area (Å²) < 4.78 is 4.67. The summed E-state index contributed by atoms with van der Waals surface area (Å²) in [5.74, 6) is 2.09. The molecule has 1 atom stereocenters. The molecule has 0 aliphatic heterocycles. The average Bonchev–Trinajstić information content (AvgIpc) is 3.84. The lowest BCUT2D eigenvalue weighted by Gasteiger charge is -2.28. The van der Waals surface area contributed by atoms with Crippen LogP contribution in [0.1, 0.15) is 66.8 Å². The lowest BCUT2D eigenvalue weighted by molar-refractivity contribution is 0.745. The number of para-hydroxylation sites is 7. The van der Waals surface area contributed by atoms with Crippen LogP contribution in [0.4, 0.5) is 17.1 Å². The molecule has 0 amide bonds. The Balaban J connectivity index is 0.00000231. The van der Waals surface area contributed by atoms with Crippen LogP contribution in [0.25, 0.3) is 51.3 Å². The fourth-order valence-corrected chi connectivity index (χ4v) is 8.21. The van der Waals surface area contributed by atoms with Crippen LogP contribution in [-0.4, -0.2) is 25.8 Å². The highest BCUT2D eigenvalue weighted by molar-refractivity contribution is 5.85. The Morgan fingerprint density at radius 3 is 1.90 bits per heavy atom. The normalized spacial score (nSPS) is 13.2. The summed E-state index contributed by atoms with van der Waals surface area (Å²) in [5.41, 5.74) is 16.1. The van der Waals surface area contributed by atoms with Crippen LogP contribution in [0.5, 0.6) is 0 Å². The van der Waals surface area contributed by atoms with Crippen LogP contribution in [-0.2, 0) is 6.54 Å². The van der Waals surface area contributed by atoms with Gasteiger partial charge in [-0.2, -0.15) is 0 Å². The third kappa shape index (κ3) is 6.96. The zero-order valence-electron chi connectivity index (χ0n) is 34.3. The Labute approximate surface area is 342 Å². The van der Waals surface area contributed by atoms with E-state index in [1.807, 2.05) is 26.0 Å². The average molecular weight is 759 g/mol. The molecule has 0 saturated heterocycles. The molecular formula is C52H50N6. The van der Waals surface area contributed by atoms with Crippen LogP contribution >= 0.6 is 0 Å².